The lowest BCUT2D eigenvalue weighted by Gasteiger charge is -2.09. The predicted octanol–water partition coefficient (Wildman–Crippen LogP) is 2.70. The van der Waals surface area contributed by atoms with E-state index < -0.39 is 11.7 Å². The highest BCUT2D eigenvalue weighted by molar-refractivity contribution is 9.10. The van der Waals surface area contributed by atoms with E-state index >= 15 is 0 Å². The highest BCUT2D eigenvalue weighted by atomic mass is 79.9. The van der Waals surface area contributed by atoms with Gasteiger partial charge in [-0.3, -0.25) is 9.59 Å². The molecule has 1 N–H and O–H groups in total. The molecule has 1 aromatic carbocycles. The van der Waals surface area contributed by atoms with Gasteiger partial charge in [0.1, 0.15) is 12.4 Å². The molecule has 0 bridgehead atoms. The summed E-state index contributed by atoms with van der Waals surface area (Å²) < 4.78 is 15.0. The molecule has 1 aromatic heterocycles. The van der Waals surface area contributed by atoms with E-state index in [0.29, 0.717) is 15.7 Å². The third-order valence-corrected chi connectivity index (χ3v) is 3.09. The minimum absolute atomic E-state index is 0.129. The summed E-state index contributed by atoms with van der Waals surface area (Å²) in [5, 5.41) is 2.54. The fourth-order valence-electron chi connectivity index (χ4n) is 1.78. The molecule has 104 valence electrons. The van der Waals surface area contributed by atoms with Gasteiger partial charge in [-0.25, -0.2) is 4.39 Å². The summed E-state index contributed by atoms with van der Waals surface area (Å²) in [5.74, 6) is -0.825. The molecule has 0 aliphatic rings. The van der Waals surface area contributed by atoms with Crippen molar-refractivity contribution < 1.29 is 9.18 Å². The van der Waals surface area contributed by atoms with E-state index in [1.807, 2.05) is 0 Å². The summed E-state index contributed by atoms with van der Waals surface area (Å²) in [6, 6.07) is 7.27. The summed E-state index contributed by atoms with van der Waals surface area (Å²) in [7, 11) is 0. The van der Waals surface area contributed by atoms with E-state index in [1.165, 1.54) is 22.8 Å². The molecule has 2 aromatic rings. The SMILES string of the molecule is Cc1cc(Br)cn(CC(=O)Nc2cccc(F)c2)c1=O. The molecular formula is C14H12BrFN2O2. The number of halogens is 2. The van der Waals surface area contributed by atoms with Crippen LogP contribution in [0.3, 0.4) is 0 Å². The molecule has 0 saturated heterocycles. The Morgan fingerprint density at radius 2 is 2.15 bits per heavy atom. The predicted molar refractivity (Wildman–Crippen MR) is 78.2 cm³/mol. The molecule has 2 rings (SSSR count). The second-order valence-electron chi connectivity index (χ2n) is 4.33. The van der Waals surface area contributed by atoms with Crippen molar-refractivity contribution in [1.29, 1.82) is 0 Å². The number of pyridine rings is 1. The van der Waals surface area contributed by atoms with Gasteiger partial charge >= 0.3 is 0 Å². The Kier molecular flexibility index (Phi) is 4.34. The maximum Gasteiger partial charge on any atom is 0.253 e. The molecule has 0 fully saturated rings. The number of anilines is 1. The van der Waals surface area contributed by atoms with Crippen LogP contribution in [0.25, 0.3) is 0 Å². The van der Waals surface area contributed by atoms with Crippen LogP contribution in [0.2, 0.25) is 0 Å². The van der Waals surface area contributed by atoms with Gasteiger partial charge in [0.05, 0.1) is 0 Å². The fraction of sp³-hybridized carbons (Fsp3) is 0.143. The Hall–Kier alpha value is -1.95. The molecule has 0 saturated carbocycles. The van der Waals surface area contributed by atoms with Crippen LogP contribution in [0.4, 0.5) is 10.1 Å². The first kappa shape index (κ1) is 14.5. The van der Waals surface area contributed by atoms with Gasteiger partial charge in [0, 0.05) is 21.9 Å². The van der Waals surface area contributed by atoms with E-state index in [0.717, 1.165) is 0 Å². The first-order valence-corrected chi connectivity index (χ1v) is 6.67. The second-order valence-corrected chi connectivity index (χ2v) is 5.25. The maximum absolute atomic E-state index is 13.0. The Labute approximate surface area is 123 Å². The smallest absolute Gasteiger partial charge is 0.253 e. The van der Waals surface area contributed by atoms with E-state index in [-0.39, 0.29) is 12.1 Å². The van der Waals surface area contributed by atoms with Crippen LogP contribution in [-0.4, -0.2) is 10.5 Å². The second kappa shape index (κ2) is 6.00. The lowest BCUT2D eigenvalue weighted by atomic mass is 10.3. The molecule has 6 heteroatoms. The van der Waals surface area contributed by atoms with Crippen LogP contribution < -0.4 is 10.9 Å². The minimum Gasteiger partial charge on any atom is -0.324 e. The van der Waals surface area contributed by atoms with Gasteiger partial charge in [-0.1, -0.05) is 6.07 Å². The van der Waals surface area contributed by atoms with Crippen molar-refractivity contribution >= 4 is 27.5 Å². The summed E-state index contributed by atoms with van der Waals surface area (Å²) in [4.78, 5) is 23.7. The summed E-state index contributed by atoms with van der Waals surface area (Å²) in [5.41, 5.74) is 0.662. The lowest BCUT2D eigenvalue weighted by molar-refractivity contribution is -0.116. The molecule has 0 aliphatic carbocycles. The monoisotopic (exact) mass is 338 g/mol. The number of hydrogen-bond acceptors (Lipinski definition) is 2. The lowest BCUT2D eigenvalue weighted by Crippen LogP contribution is -2.28. The van der Waals surface area contributed by atoms with Crippen LogP contribution in [0.15, 0.2) is 45.8 Å². The zero-order valence-electron chi connectivity index (χ0n) is 10.7. The van der Waals surface area contributed by atoms with Crippen molar-refractivity contribution in [2.45, 2.75) is 13.5 Å². The molecule has 0 unspecified atom stereocenters. The first-order valence-electron chi connectivity index (χ1n) is 5.88. The number of carbonyl (C=O) groups is 1. The number of amides is 1. The number of benzene rings is 1. The van der Waals surface area contributed by atoms with Gasteiger partial charge < -0.3 is 9.88 Å². The maximum atomic E-state index is 13.0. The first-order chi connectivity index (χ1) is 9.45. The number of aromatic nitrogens is 1. The minimum atomic E-state index is -0.432. The Morgan fingerprint density at radius 1 is 1.40 bits per heavy atom. The number of nitrogens with one attached hydrogen (secondary N) is 1. The Balaban J connectivity index is 2.15. The largest absolute Gasteiger partial charge is 0.324 e. The van der Waals surface area contributed by atoms with Gasteiger partial charge in [0.2, 0.25) is 5.91 Å². The molecule has 0 radical (unpaired) electrons. The average molecular weight is 339 g/mol. The molecule has 1 amide bonds. The van der Waals surface area contributed by atoms with Gasteiger partial charge in [-0.15, -0.1) is 0 Å². The number of nitrogens with zero attached hydrogens (tertiary/aromatic N) is 1. The molecule has 1 heterocycles. The summed E-state index contributed by atoms with van der Waals surface area (Å²) in [6.45, 7) is 1.55. The zero-order chi connectivity index (χ0) is 14.7. The molecule has 20 heavy (non-hydrogen) atoms. The fourth-order valence-corrected chi connectivity index (χ4v) is 2.37. The Morgan fingerprint density at radius 3 is 2.85 bits per heavy atom. The highest BCUT2D eigenvalue weighted by Gasteiger charge is 2.08. The van der Waals surface area contributed by atoms with E-state index in [4.69, 9.17) is 0 Å². The van der Waals surface area contributed by atoms with Gasteiger partial charge in [0.25, 0.3) is 5.56 Å². The topological polar surface area (TPSA) is 51.1 Å². The highest BCUT2D eigenvalue weighted by Crippen LogP contribution is 2.10. The zero-order valence-corrected chi connectivity index (χ0v) is 12.3. The van der Waals surface area contributed by atoms with Crippen molar-refractivity contribution in [3.63, 3.8) is 0 Å². The van der Waals surface area contributed by atoms with Gasteiger partial charge in [0.15, 0.2) is 0 Å². The van der Waals surface area contributed by atoms with Gasteiger partial charge in [-0.2, -0.15) is 0 Å². The number of rotatable bonds is 3. The summed E-state index contributed by atoms with van der Waals surface area (Å²) in [6.07, 6.45) is 1.54. The normalized spacial score (nSPS) is 10.3. The molecule has 0 aliphatic heterocycles. The molecule has 4 nitrogen and oxygen atoms in total. The summed E-state index contributed by atoms with van der Waals surface area (Å²) >= 11 is 3.27. The third kappa shape index (κ3) is 3.54. The van der Waals surface area contributed by atoms with Gasteiger partial charge in [-0.05, 0) is 47.1 Å². The third-order valence-electron chi connectivity index (χ3n) is 2.65. The van der Waals surface area contributed by atoms with Crippen molar-refractivity contribution in [3.05, 3.63) is 62.7 Å². The standard InChI is InChI=1S/C14H12BrFN2O2/c1-9-5-10(15)7-18(14(9)20)8-13(19)17-12-4-2-3-11(16)6-12/h2-7H,8H2,1H3,(H,17,19). The molecule has 0 atom stereocenters. The Bertz CT molecular complexity index is 713. The van der Waals surface area contributed by atoms with Crippen molar-refractivity contribution in [3.8, 4) is 0 Å². The quantitative estimate of drug-likeness (QED) is 0.935. The van der Waals surface area contributed by atoms with Crippen LogP contribution in [0.1, 0.15) is 5.56 Å². The number of aryl methyl sites for hydroxylation is 1. The van der Waals surface area contributed by atoms with Crippen LogP contribution in [0, 0.1) is 12.7 Å². The number of hydrogen-bond donors (Lipinski definition) is 1. The van der Waals surface area contributed by atoms with Crippen molar-refractivity contribution in [1.82, 2.24) is 4.57 Å². The molecule has 0 spiro atoms. The van der Waals surface area contributed by atoms with Crippen LogP contribution in [0.5, 0.6) is 0 Å². The van der Waals surface area contributed by atoms with E-state index in [2.05, 4.69) is 21.2 Å². The van der Waals surface area contributed by atoms with Crippen molar-refractivity contribution in [2.75, 3.05) is 5.32 Å². The number of carbonyl (C=O) groups excluding carboxylic acids is 1. The van der Waals surface area contributed by atoms with E-state index in [9.17, 15) is 14.0 Å². The molecular weight excluding hydrogens is 327 g/mol. The van der Waals surface area contributed by atoms with Crippen LogP contribution in [-0.2, 0) is 11.3 Å². The van der Waals surface area contributed by atoms with Crippen LogP contribution >= 0.6 is 15.9 Å². The average Bonchev–Trinajstić information content (AvgIpc) is 2.35. The van der Waals surface area contributed by atoms with Crippen molar-refractivity contribution in [2.24, 2.45) is 0 Å². The van der Waals surface area contributed by atoms with E-state index in [1.54, 1.807) is 25.3 Å².